The first-order valence-corrected chi connectivity index (χ1v) is 8.63. The summed E-state index contributed by atoms with van der Waals surface area (Å²) in [5.41, 5.74) is 5.62. The number of hydrogen-bond donors (Lipinski definition) is 3. The molecule has 0 aromatic carbocycles. The normalized spacial score (nSPS) is 18.6. The Balaban J connectivity index is 0.00000280. The van der Waals surface area contributed by atoms with Gasteiger partial charge in [0.1, 0.15) is 11.8 Å². The van der Waals surface area contributed by atoms with Crippen molar-refractivity contribution < 1.29 is 22.7 Å². The number of fused-ring (bicyclic) bond motifs is 1. The monoisotopic (exact) mass is 421 g/mol. The fraction of sp³-hybridized carbons (Fsp3) is 0.529. The van der Waals surface area contributed by atoms with E-state index in [0.29, 0.717) is 19.5 Å². The number of methoxy groups -OCH3 is 1. The highest BCUT2D eigenvalue weighted by Gasteiger charge is 2.38. The summed E-state index contributed by atoms with van der Waals surface area (Å²) in [5.74, 6) is -0.461. The Labute approximate surface area is 166 Å². The number of anilines is 2. The molecule has 3 heterocycles. The Morgan fingerprint density at radius 3 is 2.82 bits per heavy atom. The smallest absolute Gasteiger partial charge is 0.372 e. The predicted molar refractivity (Wildman–Crippen MR) is 103 cm³/mol. The summed E-state index contributed by atoms with van der Waals surface area (Å²) in [4.78, 5) is 20.5. The van der Waals surface area contributed by atoms with Crippen molar-refractivity contribution in [3.8, 4) is 0 Å². The molecule has 2 aromatic heterocycles. The minimum atomic E-state index is -4.59. The van der Waals surface area contributed by atoms with Crippen molar-refractivity contribution in [3.63, 3.8) is 0 Å². The van der Waals surface area contributed by atoms with Crippen LogP contribution in [0.15, 0.2) is 12.4 Å². The summed E-state index contributed by atoms with van der Waals surface area (Å²) < 4.78 is 46.1. The van der Waals surface area contributed by atoms with Crippen LogP contribution in [0, 0.1) is 0 Å². The summed E-state index contributed by atoms with van der Waals surface area (Å²) in [6.07, 6.45) is -1.64. The molecule has 0 aliphatic carbocycles. The maximum absolute atomic E-state index is 13.7. The van der Waals surface area contributed by atoms with Crippen LogP contribution in [0.5, 0.6) is 0 Å². The lowest BCUT2D eigenvalue weighted by Gasteiger charge is -2.34. The van der Waals surface area contributed by atoms with Crippen LogP contribution < -0.4 is 16.0 Å². The Morgan fingerprint density at radius 1 is 1.50 bits per heavy atom. The van der Waals surface area contributed by atoms with Gasteiger partial charge >= 0.3 is 6.18 Å². The van der Waals surface area contributed by atoms with Gasteiger partial charge in [-0.2, -0.15) is 13.2 Å². The van der Waals surface area contributed by atoms with Gasteiger partial charge in [0, 0.05) is 38.6 Å². The first-order chi connectivity index (χ1) is 12.7. The third-order valence-corrected chi connectivity index (χ3v) is 4.73. The van der Waals surface area contributed by atoms with Gasteiger partial charge in [0.2, 0.25) is 0 Å². The molecule has 1 amide bonds. The van der Waals surface area contributed by atoms with E-state index in [4.69, 9.17) is 10.5 Å². The van der Waals surface area contributed by atoms with Gasteiger partial charge in [0.15, 0.2) is 0 Å². The van der Waals surface area contributed by atoms with E-state index < -0.39 is 23.8 Å². The zero-order valence-electron chi connectivity index (χ0n) is 15.5. The maximum atomic E-state index is 13.7. The lowest BCUT2D eigenvalue weighted by atomic mass is 10.0. The van der Waals surface area contributed by atoms with Gasteiger partial charge in [-0.25, -0.2) is 4.98 Å². The number of ether oxygens (including phenoxy) is 1. The fourth-order valence-electron chi connectivity index (χ4n) is 3.27. The van der Waals surface area contributed by atoms with Crippen LogP contribution in [0.2, 0.25) is 0 Å². The zero-order chi connectivity index (χ0) is 19.8. The molecule has 2 aromatic rings. The number of piperidine rings is 1. The van der Waals surface area contributed by atoms with E-state index in [9.17, 15) is 18.0 Å². The molecule has 156 valence electrons. The number of carbonyl (C=O) groups is 1. The largest absolute Gasteiger partial charge is 0.419 e. The Morgan fingerprint density at radius 2 is 2.21 bits per heavy atom. The standard InChI is InChI=1S/C17H22F3N5O2.ClH/c1-9(27-2)16(26)24-12-7-23-15-13(12)14(11(6-22-15)17(18,19)20)25-5-3-4-10(21)8-25;/h6-7,9-10H,3-5,8,21H2,1-2H3,(H,22,23)(H,24,26);1H. The second kappa shape index (κ2) is 8.54. The minimum Gasteiger partial charge on any atom is -0.372 e. The molecule has 2 unspecified atom stereocenters. The van der Waals surface area contributed by atoms with Crippen molar-refractivity contribution in [2.75, 3.05) is 30.4 Å². The van der Waals surface area contributed by atoms with Crippen molar-refractivity contribution in [1.82, 2.24) is 9.97 Å². The third-order valence-electron chi connectivity index (χ3n) is 4.73. The highest BCUT2D eigenvalue weighted by molar-refractivity contribution is 6.08. The summed E-state index contributed by atoms with van der Waals surface area (Å²) in [7, 11) is 1.38. The predicted octanol–water partition coefficient (Wildman–Crippen LogP) is 2.90. The molecule has 0 radical (unpaired) electrons. The number of aromatic amines is 1. The van der Waals surface area contributed by atoms with Crippen LogP contribution in [0.1, 0.15) is 25.3 Å². The molecule has 1 fully saturated rings. The highest BCUT2D eigenvalue weighted by atomic mass is 35.5. The molecule has 1 saturated heterocycles. The SMILES string of the molecule is COC(C)C(=O)Nc1c[nH]c2ncc(C(F)(F)F)c(N3CCCC(N)C3)c12.Cl. The number of rotatable bonds is 4. The number of nitrogens with zero attached hydrogens (tertiary/aromatic N) is 2. The number of amides is 1. The maximum Gasteiger partial charge on any atom is 0.419 e. The Kier molecular flexibility index (Phi) is 6.79. The molecule has 1 aliphatic heterocycles. The first-order valence-electron chi connectivity index (χ1n) is 8.63. The average Bonchev–Trinajstić information content (AvgIpc) is 3.02. The third kappa shape index (κ3) is 4.34. The first kappa shape index (κ1) is 22.3. The van der Waals surface area contributed by atoms with Crippen molar-refractivity contribution in [3.05, 3.63) is 18.0 Å². The molecule has 2 atom stereocenters. The topological polar surface area (TPSA) is 96.3 Å². The molecule has 7 nitrogen and oxygen atoms in total. The van der Waals surface area contributed by atoms with Crippen molar-refractivity contribution >= 4 is 40.7 Å². The van der Waals surface area contributed by atoms with Crippen LogP contribution in [0.4, 0.5) is 24.5 Å². The van der Waals surface area contributed by atoms with Crippen LogP contribution in [-0.4, -0.2) is 48.2 Å². The summed E-state index contributed by atoms with van der Waals surface area (Å²) >= 11 is 0. The molecule has 1 aliphatic rings. The molecule has 0 bridgehead atoms. The fourth-order valence-corrected chi connectivity index (χ4v) is 3.27. The van der Waals surface area contributed by atoms with E-state index in [0.717, 1.165) is 12.6 Å². The molecular formula is C17H23ClF3N5O2. The molecule has 0 spiro atoms. The summed E-state index contributed by atoms with van der Waals surface area (Å²) in [5, 5.41) is 2.84. The second-order valence-electron chi connectivity index (χ2n) is 6.66. The quantitative estimate of drug-likeness (QED) is 0.705. The highest BCUT2D eigenvalue weighted by Crippen LogP contribution is 2.43. The molecule has 3 rings (SSSR count). The molecule has 11 heteroatoms. The van der Waals surface area contributed by atoms with E-state index in [2.05, 4.69) is 15.3 Å². The van der Waals surface area contributed by atoms with Crippen molar-refractivity contribution in [2.45, 2.75) is 38.1 Å². The van der Waals surface area contributed by atoms with E-state index in [-0.39, 0.29) is 40.9 Å². The van der Waals surface area contributed by atoms with Crippen LogP contribution in [0.3, 0.4) is 0 Å². The van der Waals surface area contributed by atoms with Gasteiger partial charge in [0.05, 0.1) is 22.3 Å². The van der Waals surface area contributed by atoms with E-state index in [1.807, 2.05) is 0 Å². The van der Waals surface area contributed by atoms with Gasteiger partial charge in [0.25, 0.3) is 5.91 Å². The number of pyridine rings is 1. The summed E-state index contributed by atoms with van der Waals surface area (Å²) in [6.45, 7) is 2.30. The number of hydrogen-bond acceptors (Lipinski definition) is 5. The van der Waals surface area contributed by atoms with Gasteiger partial charge in [-0.1, -0.05) is 0 Å². The van der Waals surface area contributed by atoms with Crippen LogP contribution in [0.25, 0.3) is 11.0 Å². The van der Waals surface area contributed by atoms with Gasteiger partial charge in [-0.15, -0.1) is 12.4 Å². The van der Waals surface area contributed by atoms with E-state index in [1.165, 1.54) is 13.3 Å². The minimum absolute atomic E-state index is 0. The van der Waals surface area contributed by atoms with E-state index in [1.54, 1.807) is 11.8 Å². The Hall–Kier alpha value is -2.04. The molecular weight excluding hydrogens is 399 g/mol. The number of nitrogens with two attached hydrogens (primary N) is 1. The van der Waals surface area contributed by atoms with Crippen LogP contribution in [-0.2, 0) is 15.7 Å². The van der Waals surface area contributed by atoms with Crippen molar-refractivity contribution in [1.29, 1.82) is 0 Å². The number of alkyl halides is 3. The number of carbonyl (C=O) groups excluding carboxylic acids is 1. The number of H-pyrrole nitrogens is 1. The molecule has 4 N–H and O–H groups in total. The average molecular weight is 422 g/mol. The number of aromatic nitrogens is 2. The van der Waals surface area contributed by atoms with Gasteiger partial charge in [-0.3, -0.25) is 4.79 Å². The Bertz CT molecular complexity index is 842. The second-order valence-corrected chi connectivity index (χ2v) is 6.66. The lowest BCUT2D eigenvalue weighted by molar-refractivity contribution is -0.137. The van der Waals surface area contributed by atoms with Crippen LogP contribution >= 0.6 is 12.4 Å². The van der Waals surface area contributed by atoms with Gasteiger partial charge in [-0.05, 0) is 19.8 Å². The lowest BCUT2D eigenvalue weighted by Crippen LogP contribution is -2.43. The van der Waals surface area contributed by atoms with Gasteiger partial charge < -0.3 is 25.7 Å². The number of nitrogens with one attached hydrogen (secondary N) is 2. The summed E-state index contributed by atoms with van der Waals surface area (Å²) in [6, 6.07) is -0.214. The van der Waals surface area contributed by atoms with Crippen molar-refractivity contribution in [2.24, 2.45) is 5.73 Å². The number of halogens is 4. The molecule has 28 heavy (non-hydrogen) atoms. The van der Waals surface area contributed by atoms with E-state index >= 15 is 0 Å². The molecule has 0 saturated carbocycles. The zero-order valence-corrected chi connectivity index (χ0v) is 16.3.